The lowest BCUT2D eigenvalue weighted by Crippen LogP contribution is -2.15. The average Bonchev–Trinajstić information content (AvgIpc) is 1.63. The molecule has 0 aliphatic heterocycles. The normalized spacial score (nSPS) is 17.3. The molecule has 3 heteroatoms. The molecule has 0 amide bonds. The van der Waals surface area contributed by atoms with Crippen molar-refractivity contribution in [1.29, 1.82) is 0 Å². The quantitative estimate of drug-likeness (QED) is 0.590. The van der Waals surface area contributed by atoms with Gasteiger partial charge in [0, 0.05) is 6.42 Å². The summed E-state index contributed by atoms with van der Waals surface area (Å²) in [6.07, 6.45) is -0.823. The summed E-state index contributed by atoms with van der Waals surface area (Å²) in [7, 11) is 0. The van der Waals surface area contributed by atoms with E-state index in [1.807, 2.05) is 0 Å². The van der Waals surface area contributed by atoms with Crippen LogP contribution in [-0.4, -0.2) is 29.1 Å². The Balaban J connectivity index is 3.15. The molecular weight excluding hydrogens is 123 g/mol. The molecule has 0 aliphatic carbocycles. The monoisotopic (exact) mass is 136 g/mol. The van der Waals surface area contributed by atoms with Gasteiger partial charge in [-0.05, 0) is 13.3 Å². The third kappa shape index (κ3) is 5.73. The predicted molar refractivity (Wildman–Crippen MR) is 32.9 cm³/mol. The smallest absolute Gasteiger partial charge is 0.0919 e. The first-order valence-corrected chi connectivity index (χ1v) is 3.09. The third-order valence-electron chi connectivity index (χ3n) is 1.06. The Labute approximate surface area is 54.3 Å². The molecule has 2 unspecified atom stereocenters. The maximum absolute atomic E-state index is 11.5. The molecule has 0 aromatic heterocycles. The Morgan fingerprint density at radius 1 is 1.44 bits per heavy atom. The number of alkyl halides is 1. The molecule has 2 atom stereocenters. The average molecular weight is 136 g/mol. The lowest BCUT2D eigenvalue weighted by atomic mass is 10.1. The second kappa shape index (κ2) is 4.70. The van der Waals surface area contributed by atoms with Crippen LogP contribution in [0.5, 0.6) is 0 Å². The van der Waals surface area contributed by atoms with Gasteiger partial charge in [-0.2, -0.15) is 0 Å². The van der Waals surface area contributed by atoms with Crippen molar-refractivity contribution >= 4 is 0 Å². The zero-order valence-corrected chi connectivity index (χ0v) is 5.55. The minimum absolute atomic E-state index is 0.130. The molecule has 0 spiro atoms. The van der Waals surface area contributed by atoms with Gasteiger partial charge in [0.05, 0.1) is 18.9 Å². The van der Waals surface area contributed by atoms with E-state index in [-0.39, 0.29) is 12.8 Å². The lowest BCUT2D eigenvalue weighted by molar-refractivity contribution is 0.0806. The van der Waals surface area contributed by atoms with Crippen molar-refractivity contribution in [2.24, 2.45) is 0 Å². The van der Waals surface area contributed by atoms with E-state index in [2.05, 4.69) is 0 Å². The zero-order chi connectivity index (χ0) is 7.28. The molecule has 9 heavy (non-hydrogen) atoms. The number of aliphatic hydroxyl groups excluding tert-OH is 2. The standard InChI is InChI=1S/C6H13FO2/c1-5(8)4-6(9)2-3-7/h5-6,8-9H,2-4H2,1H3. The van der Waals surface area contributed by atoms with Gasteiger partial charge in [0.1, 0.15) is 0 Å². The van der Waals surface area contributed by atoms with Gasteiger partial charge < -0.3 is 10.2 Å². The largest absolute Gasteiger partial charge is 0.393 e. The van der Waals surface area contributed by atoms with E-state index >= 15 is 0 Å². The van der Waals surface area contributed by atoms with Crippen molar-refractivity contribution in [1.82, 2.24) is 0 Å². The van der Waals surface area contributed by atoms with Crippen LogP contribution in [0.3, 0.4) is 0 Å². The highest BCUT2D eigenvalue weighted by atomic mass is 19.1. The second-order valence-electron chi connectivity index (χ2n) is 2.22. The SMILES string of the molecule is CC(O)CC(O)CCF. The fourth-order valence-electron chi connectivity index (χ4n) is 0.638. The minimum atomic E-state index is -0.685. The Bertz CT molecular complexity index is 66.1. The third-order valence-corrected chi connectivity index (χ3v) is 1.06. The number of halogens is 1. The Morgan fingerprint density at radius 3 is 2.33 bits per heavy atom. The number of aliphatic hydroxyl groups is 2. The minimum Gasteiger partial charge on any atom is -0.393 e. The number of rotatable bonds is 4. The van der Waals surface area contributed by atoms with Crippen LogP contribution in [0.15, 0.2) is 0 Å². The summed E-state index contributed by atoms with van der Waals surface area (Å²) in [6, 6.07) is 0. The van der Waals surface area contributed by atoms with Gasteiger partial charge in [-0.25, -0.2) is 0 Å². The first-order chi connectivity index (χ1) is 4.16. The van der Waals surface area contributed by atoms with Gasteiger partial charge in [0.25, 0.3) is 0 Å². The van der Waals surface area contributed by atoms with Crippen LogP contribution >= 0.6 is 0 Å². The van der Waals surface area contributed by atoms with E-state index in [0.717, 1.165) is 0 Å². The zero-order valence-electron chi connectivity index (χ0n) is 5.55. The Hall–Kier alpha value is -0.150. The van der Waals surface area contributed by atoms with Gasteiger partial charge in [-0.15, -0.1) is 0 Å². The van der Waals surface area contributed by atoms with Crippen molar-refractivity contribution in [2.75, 3.05) is 6.67 Å². The van der Waals surface area contributed by atoms with Crippen molar-refractivity contribution in [3.8, 4) is 0 Å². The van der Waals surface area contributed by atoms with Crippen molar-refractivity contribution < 1.29 is 14.6 Å². The van der Waals surface area contributed by atoms with Gasteiger partial charge in [-0.3, -0.25) is 4.39 Å². The highest BCUT2D eigenvalue weighted by Crippen LogP contribution is 2.01. The molecule has 0 rings (SSSR count). The van der Waals surface area contributed by atoms with E-state index < -0.39 is 18.9 Å². The molecule has 0 heterocycles. The van der Waals surface area contributed by atoms with Crippen molar-refractivity contribution in [3.05, 3.63) is 0 Å². The molecule has 0 fully saturated rings. The molecular formula is C6H13FO2. The Kier molecular flexibility index (Phi) is 4.62. The van der Waals surface area contributed by atoms with Crippen LogP contribution in [0.2, 0.25) is 0 Å². The van der Waals surface area contributed by atoms with E-state index in [9.17, 15) is 4.39 Å². The lowest BCUT2D eigenvalue weighted by Gasteiger charge is -2.08. The fraction of sp³-hybridized carbons (Fsp3) is 1.00. The van der Waals surface area contributed by atoms with E-state index in [4.69, 9.17) is 10.2 Å². The summed E-state index contributed by atoms with van der Waals surface area (Å²) in [5, 5.41) is 17.5. The summed E-state index contributed by atoms with van der Waals surface area (Å²) >= 11 is 0. The maximum Gasteiger partial charge on any atom is 0.0919 e. The van der Waals surface area contributed by atoms with Crippen LogP contribution in [0.25, 0.3) is 0 Å². The first-order valence-electron chi connectivity index (χ1n) is 3.09. The van der Waals surface area contributed by atoms with Gasteiger partial charge in [0.2, 0.25) is 0 Å². The van der Waals surface area contributed by atoms with Gasteiger partial charge in [-0.1, -0.05) is 0 Å². The van der Waals surface area contributed by atoms with Crippen molar-refractivity contribution in [2.45, 2.75) is 32.0 Å². The summed E-state index contributed by atoms with van der Waals surface area (Å²) in [4.78, 5) is 0. The predicted octanol–water partition coefficient (Wildman–Crippen LogP) is 0.478. The van der Waals surface area contributed by atoms with E-state index in [1.54, 1.807) is 6.92 Å². The molecule has 0 aromatic rings. The summed E-state index contributed by atoms with van der Waals surface area (Å²) in [5.74, 6) is 0. The van der Waals surface area contributed by atoms with Gasteiger partial charge >= 0.3 is 0 Å². The molecule has 0 saturated carbocycles. The maximum atomic E-state index is 11.5. The summed E-state index contributed by atoms with van der Waals surface area (Å²) < 4.78 is 11.5. The molecule has 56 valence electrons. The topological polar surface area (TPSA) is 40.5 Å². The summed E-state index contributed by atoms with van der Waals surface area (Å²) in [6.45, 7) is 1.05. The molecule has 0 saturated heterocycles. The van der Waals surface area contributed by atoms with Crippen LogP contribution in [-0.2, 0) is 0 Å². The molecule has 0 radical (unpaired) electrons. The fourth-order valence-corrected chi connectivity index (χ4v) is 0.638. The molecule has 2 nitrogen and oxygen atoms in total. The number of hydrogen-bond acceptors (Lipinski definition) is 2. The molecule has 0 aromatic carbocycles. The first kappa shape index (κ1) is 8.85. The Morgan fingerprint density at radius 2 is 2.00 bits per heavy atom. The van der Waals surface area contributed by atoms with E-state index in [1.165, 1.54) is 0 Å². The van der Waals surface area contributed by atoms with E-state index in [0.29, 0.717) is 0 Å². The highest BCUT2D eigenvalue weighted by molar-refractivity contribution is 4.58. The molecule has 2 N–H and O–H groups in total. The number of hydrogen-bond donors (Lipinski definition) is 2. The summed E-state index contributed by atoms with van der Waals surface area (Å²) in [5.41, 5.74) is 0. The highest BCUT2D eigenvalue weighted by Gasteiger charge is 2.06. The molecule has 0 bridgehead atoms. The van der Waals surface area contributed by atoms with Gasteiger partial charge in [0.15, 0.2) is 0 Å². The van der Waals surface area contributed by atoms with Crippen molar-refractivity contribution in [3.63, 3.8) is 0 Å². The van der Waals surface area contributed by atoms with Crippen LogP contribution < -0.4 is 0 Å². The second-order valence-corrected chi connectivity index (χ2v) is 2.22. The molecule has 0 aliphatic rings. The van der Waals surface area contributed by atoms with Crippen LogP contribution in [0.4, 0.5) is 4.39 Å². The van der Waals surface area contributed by atoms with Crippen LogP contribution in [0, 0.1) is 0 Å². The van der Waals surface area contributed by atoms with Crippen LogP contribution in [0.1, 0.15) is 19.8 Å².